The number of halogens is 1. The molecule has 2 heteroatoms. The van der Waals surface area contributed by atoms with E-state index in [1.807, 2.05) is 24.3 Å². The Labute approximate surface area is 93.9 Å². The van der Waals surface area contributed by atoms with Gasteiger partial charge in [0.05, 0.1) is 11.1 Å². The van der Waals surface area contributed by atoms with Crippen molar-refractivity contribution in [1.29, 1.82) is 0 Å². The van der Waals surface area contributed by atoms with Crippen LogP contribution in [0.3, 0.4) is 0 Å². The summed E-state index contributed by atoms with van der Waals surface area (Å²) >= 11 is 3.47. The van der Waals surface area contributed by atoms with Crippen LogP contribution < -0.4 is 4.74 Å². The second-order valence-electron chi connectivity index (χ2n) is 3.60. The molecule has 0 aliphatic carbocycles. The average molecular weight is 255 g/mol. The molecule has 1 nitrogen and oxygen atoms in total. The quantitative estimate of drug-likeness (QED) is 0.786. The first kappa shape index (κ1) is 11.3. The van der Waals surface area contributed by atoms with Crippen molar-refractivity contribution in [2.24, 2.45) is 5.92 Å². The molecule has 0 fully saturated rings. The van der Waals surface area contributed by atoms with E-state index in [0.29, 0.717) is 5.92 Å². The molecular formula is C12H15BrO. The standard InChI is InChI=1S/C12H15BrO/c1-4-10-5-6-12(11(13)7-10)14-8-9(2)3/h4-7,9H,1,8H2,2-3H3. The van der Waals surface area contributed by atoms with Gasteiger partial charge in [-0.2, -0.15) is 0 Å². The number of hydrogen-bond donors (Lipinski definition) is 0. The van der Waals surface area contributed by atoms with Crippen LogP contribution >= 0.6 is 15.9 Å². The SMILES string of the molecule is C=Cc1ccc(OCC(C)C)c(Br)c1. The Hall–Kier alpha value is -0.760. The van der Waals surface area contributed by atoms with Gasteiger partial charge in [-0.3, -0.25) is 0 Å². The predicted octanol–water partition coefficient (Wildman–Crippen LogP) is 4.13. The van der Waals surface area contributed by atoms with Crippen LogP contribution in [0.25, 0.3) is 6.08 Å². The lowest BCUT2D eigenvalue weighted by molar-refractivity contribution is 0.269. The molecule has 1 aromatic carbocycles. The van der Waals surface area contributed by atoms with Crippen molar-refractivity contribution in [2.45, 2.75) is 13.8 Å². The van der Waals surface area contributed by atoms with Gasteiger partial charge in [0.25, 0.3) is 0 Å². The van der Waals surface area contributed by atoms with Crippen molar-refractivity contribution in [1.82, 2.24) is 0 Å². The monoisotopic (exact) mass is 254 g/mol. The molecule has 14 heavy (non-hydrogen) atoms. The van der Waals surface area contributed by atoms with E-state index in [2.05, 4.69) is 36.4 Å². The van der Waals surface area contributed by atoms with E-state index in [4.69, 9.17) is 4.74 Å². The van der Waals surface area contributed by atoms with Crippen molar-refractivity contribution in [3.8, 4) is 5.75 Å². The van der Waals surface area contributed by atoms with Crippen molar-refractivity contribution in [3.05, 3.63) is 34.8 Å². The van der Waals surface area contributed by atoms with Crippen LogP contribution in [-0.4, -0.2) is 6.61 Å². The van der Waals surface area contributed by atoms with Gasteiger partial charge in [0.15, 0.2) is 0 Å². The minimum atomic E-state index is 0.543. The van der Waals surface area contributed by atoms with Gasteiger partial charge in [-0.15, -0.1) is 0 Å². The molecule has 0 unspecified atom stereocenters. The number of ether oxygens (including phenoxy) is 1. The molecule has 0 heterocycles. The molecule has 0 N–H and O–H groups in total. The number of hydrogen-bond acceptors (Lipinski definition) is 1. The van der Waals surface area contributed by atoms with Crippen LogP contribution in [-0.2, 0) is 0 Å². The van der Waals surface area contributed by atoms with Crippen LogP contribution in [0.1, 0.15) is 19.4 Å². The Morgan fingerprint density at radius 1 is 1.50 bits per heavy atom. The predicted molar refractivity (Wildman–Crippen MR) is 64.6 cm³/mol. The highest BCUT2D eigenvalue weighted by Crippen LogP contribution is 2.26. The summed E-state index contributed by atoms with van der Waals surface area (Å²) in [7, 11) is 0. The summed E-state index contributed by atoms with van der Waals surface area (Å²) in [5.41, 5.74) is 1.09. The van der Waals surface area contributed by atoms with E-state index in [0.717, 1.165) is 22.4 Å². The topological polar surface area (TPSA) is 9.23 Å². The third kappa shape index (κ3) is 3.18. The molecular weight excluding hydrogens is 240 g/mol. The van der Waals surface area contributed by atoms with Gasteiger partial charge < -0.3 is 4.74 Å². The Bertz CT molecular complexity index is 318. The summed E-state index contributed by atoms with van der Waals surface area (Å²) < 4.78 is 6.60. The van der Waals surface area contributed by atoms with Gasteiger partial charge >= 0.3 is 0 Å². The molecule has 0 saturated carbocycles. The minimum Gasteiger partial charge on any atom is -0.492 e. The first-order chi connectivity index (χ1) is 6.63. The Morgan fingerprint density at radius 3 is 2.71 bits per heavy atom. The lowest BCUT2D eigenvalue weighted by Gasteiger charge is -2.10. The molecule has 0 aliphatic rings. The highest BCUT2D eigenvalue weighted by Gasteiger charge is 2.02. The maximum atomic E-state index is 5.62. The summed E-state index contributed by atoms with van der Waals surface area (Å²) in [5, 5.41) is 0. The summed E-state index contributed by atoms with van der Waals surface area (Å²) in [5.74, 6) is 1.44. The Kier molecular flexibility index (Phi) is 4.21. The Balaban J connectivity index is 2.73. The van der Waals surface area contributed by atoms with Gasteiger partial charge in [-0.1, -0.05) is 32.6 Å². The fourth-order valence-corrected chi connectivity index (χ4v) is 1.53. The molecule has 0 amide bonds. The summed E-state index contributed by atoms with van der Waals surface area (Å²) in [6, 6.07) is 5.96. The van der Waals surface area contributed by atoms with Gasteiger partial charge in [0.1, 0.15) is 5.75 Å². The molecule has 76 valence electrons. The van der Waals surface area contributed by atoms with E-state index in [9.17, 15) is 0 Å². The second-order valence-corrected chi connectivity index (χ2v) is 4.45. The zero-order valence-corrected chi connectivity index (χ0v) is 10.2. The molecule has 0 aliphatic heterocycles. The van der Waals surface area contributed by atoms with Crippen LogP contribution in [0.15, 0.2) is 29.3 Å². The summed E-state index contributed by atoms with van der Waals surface area (Å²) in [6.45, 7) is 8.72. The zero-order chi connectivity index (χ0) is 10.6. The van der Waals surface area contributed by atoms with Crippen molar-refractivity contribution < 1.29 is 4.74 Å². The van der Waals surface area contributed by atoms with Crippen LogP contribution in [0, 0.1) is 5.92 Å². The van der Waals surface area contributed by atoms with E-state index in [-0.39, 0.29) is 0 Å². The molecule has 0 radical (unpaired) electrons. The van der Waals surface area contributed by atoms with Crippen LogP contribution in [0.2, 0.25) is 0 Å². The van der Waals surface area contributed by atoms with E-state index in [1.54, 1.807) is 0 Å². The highest BCUT2D eigenvalue weighted by molar-refractivity contribution is 9.10. The molecule has 0 saturated heterocycles. The average Bonchev–Trinajstić information content (AvgIpc) is 2.15. The van der Waals surface area contributed by atoms with E-state index < -0.39 is 0 Å². The maximum absolute atomic E-state index is 5.62. The van der Waals surface area contributed by atoms with Gasteiger partial charge in [0, 0.05) is 0 Å². The molecule has 1 aromatic rings. The first-order valence-corrected chi connectivity index (χ1v) is 5.47. The summed E-state index contributed by atoms with van der Waals surface area (Å²) in [4.78, 5) is 0. The molecule has 1 rings (SSSR count). The van der Waals surface area contributed by atoms with Crippen molar-refractivity contribution in [2.75, 3.05) is 6.61 Å². The molecule has 0 atom stereocenters. The number of rotatable bonds is 4. The molecule has 0 spiro atoms. The first-order valence-electron chi connectivity index (χ1n) is 4.68. The van der Waals surface area contributed by atoms with Gasteiger partial charge in [-0.25, -0.2) is 0 Å². The minimum absolute atomic E-state index is 0.543. The second kappa shape index (κ2) is 5.20. The molecule has 0 bridgehead atoms. The fourth-order valence-electron chi connectivity index (χ4n) is 1.02. The van der Waals surface area contributed by atoms with Crippen LogP contribution in [0.5, 0.6) is 5.75 Å². The third-order valence-electron chi connectivity index (χ3n) is 1.76. The zero-order valence-electron chi connectivity index (χ0n) is 8.59. The maximum Gasteiger partial charge on any atom is 0.133 e. The van der Waals surface area contributed by atoms with Crippen LogP contribution in [0.4, 0.5) is 0 Å². The van der Waals surface area contributed by atoms with E-state index in [1.165, 1.54) is 0 Å². The highest BCUT2D eigenvalue weighted by atomic mass is 79.9. The molecule has 0 aromatic heterocycles. The van der Waals surface area contributed by atoms with Crippen molar-refractivity contribution in [3.63, 3.8) is 0 Å². The summed E-state index contributed by atoms with van der Waals surface area (Å²) in [6.07, 6.45) is 1.82. The number of benzene rings is 1. The Morgan fingerprint density at radius 2 is 2.21 bits per heavy atom. The van der Waals surface area contributed by atoms with E-state index >= 15 is 0 Å². The normalized spacial score (nSPS) is 10.3. The van der Waals surface area contributed by atoms with Gasteiger partial charge in [-0.05, 0) is 39.5 Å². The third-order valence-corrected chi connectivity index (χ3v) is 2.38. The lowest BCUT2D eigenvalue weighted by atomic mass is 10.2. The smallest absolute Gasteiger partial charge is 0.133 e. The van der Waals surface area contributed by atoms with Crippen molar-refractivity contribution >= 4 is 22.0 Å². The largest absolute Gasteiger partial charge is 0.492 e. The lowest BCUT2D eigenvalue weighted by Crippen LogP contribution is -2.04. The van der Waals surface area contributed by atoms with Gasteiger partial charge in [0.2, 0.25) is 0 Å². The fraction of sp³-hybridized carbons (Fsp3) is 0.333.